The first-order valence-corrected chi connectivity index (χ1v) is 13.4. The highest BCUT2D eigenvalue weighted by atomic mass is 28.4. The zero-order chi connectivity index (χ0) is 20.5. The molecule has 152 valence electrons. The van der Waals surface area contributed by atoms with Crippen molar-refractivity contribution in [3.8, 4) is 5.75 Å². The van der Waals surface area contributed by atoms with E-state index in [1.807, 2.05) is 0 Å². The van der Waals surface area contributed by atoms with Crippen LogP contribution in [0, 0.1) is 12.8 Å². The van der Waals surface area contributed by atoms with Crippen LogP contribution < -0.4 is 4.74 Å². The smallest absolute Gasteiger partial charge is 0.191 e. The Hall–Kier alpha value is -1.58. The van der Waals surface area contributed by atoms with Crippen molar-refractivity contribution in [2.45, 2.75) is 64.1 Å². The molecule has 0 aliphatic heterocycles. The quantitative estimate of drug-likeness (QED) is 0.494. The molecular formula is C25H36O2Si. The second kappa shape index (κ2) is 8.04. The molecule has 0 saturated heterocycles. The van der Waals surface area contributed by atoms with Crippen LogP contribution in [0.15, 0.2) is 48.5 Å². The minimum Gasteiger partial charge on any atom is -0.497 e. The van der Waals surface area contributed by atoms with Gasteiger partial charge in [-0.3, -0.25) is 0 Å². The molecule has 1 saturated carbocycles. The molecule has 0 spiro atoms. The molecule has 1 fully saturated rings. The fourth-order valence-electron chi connectivity index (χ4n) is 3.94. The average Bonchev–Trinajstić information content (AvgIpc) is 2.62. The van der Waals surface area contributed by atoms with E-state index in [0.29, 0.717) is 17.8 Å². The molecule has 0 radical (unpaired) electrons. The summed E-state index contributed by atoms with van der Waals surface area (Å²) in [6.07, 6.45) is 1.20. The van der Waals surface area contributed by atoms with Crippen LogP contribution in [0.2, 0.25) is 18.1 Å². The zero-order valence-electron chi connectivity index (χ0n) is 18.6. The highest BCUT2D eigenvalue weighted by molar-refractivity contribution is 6.74. The van der Waals surface area contributed by atoms with E-state index in [1.165, 1.54) is 23.1 Å². The van der Waals surface area contributed by atoms with E-state index >= 15 is 0 Å². The molecule has 2 aromatic carbocycles. The van der Waals surface area contributed by atoms with Gasteiger partial charge >= 0.3 is 0 Å². The summed E-state index contributed by atoms with van der Waals surface area (Å²) in [5, 5.41) is 0.253. The third-order valence-corrected chi connectivity index (χ3v) is 11.5. The second-order valence-corrected chi connectivity index (χ2v) is 14.7. The van der Waals surface area contributed by atoms with Crippen LogP contribution in [-0.4, -0.2) is 22.0 Å². The summed E-state index contributed by atoms with van der Waals surface area (Å²) in [5.74, 6) is 2.58. The third kappa shape index (κ3) is 4.36. The van der Waals surface area contributed by atoms with Crippen LogP contribution >= 0.6 is 0 Å². The molecule has 0 heterocycles. The van der Waals surface area contributed by atoms with Gasteiger partial charge in [-0.05, 0) is 72.5 Å². The van der Waals surface area contributed by atoms with E-state index in [4.69, 9.17) is 9.16 Å². The first-order chi connectivity index (χ1) is 13.1. The van der Waals surface area contributed by atoms with E-state index in [2.05, 4.69) is 89.3 Å². The van der Waals surface area contributed by atoms with Crippen molar-refractivity contribution in [3.63, 3.8) is 0 Å². The van der Waals surface area contributed by atoms with E-state index in [0.717, 1.165) is 12.4 Å². The lowest BCUT2D eigenvalue weighted by atomic mass is 9.60. The maximum atomic E-state index is 6.61. The number of benzene rings is 2. The summed E-state index contributed by atoms with van der Waals surface area (Å²) < 4.78 is 12.0. The first-order valence-electron chi connectivity index (χ1n) is 10.5. The normalized spacial score (nSPS) is 22.6. The van der Waals surface area contributed by atoms with Gasteiger partial charge in [-0.2, -0.15) is 0 Å². The molecule has 3 heteroatoms. The van der Waals surface area contributed by atoms with Gasteiger partial charge in [0.05, 0.1) is 7.11 Å². The molecule has 3 rings (SSSR count). The number of rotatable bonds is 6. The van der Waals surface area contributed by atoms with Crippen LogP contribution in [0.4, 0.5) is 0 Å². The highest BCUT2D eigenvalue weighted by Gasteiger charge is 2.45. The van der Waals surface area contributed by atoms with Crippen LogP contribution in [0.5, 0.6) is 5.75 Å². The molecular weight excluding hydrogens is 360 g/mol. The summed E-state index contributed by atoms with van der Waals surface area (Å²) >= 11 is 0. The zero-order valence-corrected chi connectivity index (χ0v) is 19.6. The second-order valence-electron chi connectivity index (χ2n) is 9.88. The van der Waals surface area contributed by atoms with Crippen molar-refractivity contribution >= 4 is 8.32 Å². The Morgan fingerprint density at radius 3 is 2.04 bits per heavy atom. The number of methoxy groups -OCH3 is 1. The van der Waals surface area contributed by atoms with Crippen LogP contribution in [0.3, 0.4) is 0 Å². The largest absolute Gasteiger partial charge is 0.497 e. The van der Waals surface area contributed by atoms with Crippen molar-refractivity contribution in [1.29, 1.82) is 0 Å². The van der Waals surface area contributed by atoms with E-state index < -0.39 is 8.32 Å². The fraction of sp³-hybridized carbons (Fsp3) is 0.520. The lowest BCUT2D eigenvalue weighted by molar-refractivity contribution is 0.116. The molecule has 3 atom stereocenters. The number of hydrogen-bond donors (Lipinski definition) is 0. The summed E-state index contributed by atoms with van der Waals surface area (Å²) in [5.41, 5.74) is 4.18. The predicted molar refractivity (Wildman–Crippen MR) is 121 cm³/mol. The van der Waals surface area contributed by atoms with Crippen LogP contribution in [-0.2, 0) is 4.43 Å². The first kappa shape index (κ1) is 21.1. The highest BCUT2D eigenvalue weighted by Crippen LogP contribution is 2.54. The molecule has 0 N–H and O–H groups in total. The number of aryl methyl sites for hydroxylation is 1. The molecule has 0 bridgehead atoms. The summed E-state index contributed by atoms with van der Waals surface area (Å²) in [4.78, 5) is 0. The monoisotopic (exact) mass is 396 g/mol. The Kier molecular flexibility index (Phi) is 6.07. The van der Waals surface area contributed by atoms with Crippen molar-refractivity contribution in [3.05, 3.63) is 65.2 Å². The van der Waals surface area contributed by atoms with Gasteiger partial charge in [-0.15, -0.1) is 0 Å². The average molecular weight is 397 g/mol. The SMILES string of the molecule is COc1ccc([C@H]2[C@H](CO[Si](C)(C)C(C)(C)C)C[C@@H]2c2ccc(C)cc2)cc1. The number of hydrogen-bond acceptors (Lipinski definition) is 2. The Bertz CT molecular complexity index is 772. The van der Waals surface area contributed by atoms with Gasteiger partial charge in [0.1, 0.15) is 5.75 Å². The van der Waals surface area contributed by atoms with Crippen LogP contribution in [0.25, 0.3) is 0 Å². The van der Waals surface area contributed by atoms with E-state index in [-0.39, 0.29) is 5.04 Å². The molecule has 0 aromatic heterocycles. The minimum absolute atomic E-state index is 0.253. The molecule has 0 amide bonds. The predicted octanol–water partition coefficient (Wildman–Crippen LogP) is 6.91. The van der Waals surface area contributed by atoms with E-state index in [9.17, 15) is 0 Å². The summed E-state index contributed by atoms with van der Waals surface area (Å²) in [6.45, 7) is 14.7. The molecule has 0 unspecified atom stereocenters. The van der Waals surface area contributed by atoms with Crippen molar-refractivity contribution in [2.24, 2.45) is 5.92 Å². The van der Waals surface area contributed by atoms with Gasteiger partial charge in [0, 0.05) is 6.61 Å². The Balaban J connectivity index is 1.81. The molecule has 1 aliphatic carbocycles. The Labute approximate surface area is 172 Å². The van der Waals surface area contributed by atoms with Gasteiger partial charge in [0.2, 0.25) is 0 Å². The fourth-order valence-corrected chi connectivity index (χ4v) is 5.01. The Morgan fingerprint density at radius 2 is 1.50 bits per heavy atom. The van der Waals surface area contributed by atoms with Gasteiger partial charge in [0.15, 0.2) is 8.32 Å². The number of ether oxygens (including phenoxy) is 1. The van der Waals surface area contributed by atoms with Crippen molar-refractivity contribution < 1.29 is 9.16 Å². The molecule has 2 nitrogen and oxygen atoms in total. The lowest BCUT2D eigenvalue weighted by Crippen LogP contribution is -2.45. The lowest BCUT2D eigenvalue weighted by Gasteiger charge is -2.47. The van der Waals surface area contributed by atoms with Gasteiger partial charge in [0.25, 0.3) is 0 Å². The standard InChI is InChI=1S/C25H36O2Si/c1-18-8-10-19(11-9-18)23-16-21(17-27-28(6,7)25(2,3)4)24(23)20-12-14-22(26-5)15-13-20/h8-15,21,23-24H,16-17H2,1-7H3/t21-,23+,24-/m0/s1. The maximum absolute atomic E-state index is 6.61. The van der Waals surface area contributed by atoms with Crippen molar-refractivity contribution in [1.82, 2.24) is 0 Å². The maximum Gasteiger partial charge on any atom is 0.191 e. The van der Waals surface area contributed by atoms with Gasteiger partial charge < -0.3 is 9.16 Å². The molecule has 2 aromatic rings. The van der Waals surface area contributed by atoms with Crippen LogP contribution in [0.1, 0.15) is 55.7 Å². The topological polar surface area (TPSA) is 18.5 Å². The minimum atomic E-state index is -1.72. The summed E-state index contributed by atoms with van der Waals surface area (Å²) in [7, 11) is 0.00142. The van der Waals surface area contributed by atoms with Gasteiger partial charge in [-0.25, -0.2) is 0 Å². The van der Waals surface area contributed by atoms with Gasteiger partial charge in [-0.1, -0.05) is 62.7 Å². The van der Waals surface area contributed by atoms with Crippen molar-refractivity contribution in [2.75, 3.05) is 13.7 Å². The Morgan fingerprint density at radius 1 is 0.929 bits per heavy atom. The summed E-state index contributed by atoms with van der Waals surface area (Å²) in [6, 6.07) is 17.7. The van der Waals surface area contributed by atoms with E-state index in [1.54, 1.807) is 7.11 Å². The third-order valence-electron chi connectivity index (χ3n) is 6.97. The molecule has 28 heavy (non-hydrogen) atoms. The molecule has 1 aliphatic rings.